The van der Waals surface area contributed by atoms with E-state index in [0.717, 1.165) is 6.41 Å². The summed E-state index contributed by atoms with van der Waals surface area (Å²) >= 11 is -1.82. The van der Waals surface area contributed by atoms with Gasteiger partial charge >= 0.3 is 108 Å². The molecule has 0 aliphatic heterocycles. The fraction of sp³-hybridized carbons (Fsp3) is 0.583. The van der Waals surface area contributed by atoms with Crippen molar-refractivity contribution in [3.8, 4) is 0 Å². The van der Waals surface area contributed by atoms with Crippen LogP contribution in [0.3, 0.4) is 0 Å². The quantitative estimate of drug-likeness (QED) is 0.395. The minimum Gasteiger partial charge on any atom is -1.00 e. The van der Waals surface area contributed by atoms with Gasteiger partial charge in [0.25, 0.3) is 0 Å². The van der Waals surface area contributed by atoms with Gasteiger partial charge in [-0.25, -0.2) is 0 Å². The molecule has 1 N–H and O–H groups in total. The maximum atomic E-state index is 10.8. The molecule has 0 spiro atoms. The van der Waals surface area contributed by atoms with Crippen LogP contribution in [0.2, 0.25) is 13.1 Å². The number of allylic oxidation sites excluding steroid dienone is 4. The molecule has 0 saturated carbocycles. The van der Waals surface area contributed by atoms with Gasteiger partial charge in [-0.15, -0.1) is 0 Å². The number of carbonyl (C=O) groups is 1. The normalized spacial score (nSPS) is 18.5. The van der Waals surface area contributed by atoms with Crippen LogP contribution in [0.15, 0.2) is 20.0 Å². The maximum absolute atomic E-state index is 10.8. The third kappa shape index (κ3) is 4.06. The Morgan fingerprint density at radius 1 is 1.17 bits per heavy atom. The predicted molar refractivity (Wildman–Crippen MR) is 68.3 cm³/mol. The third-order valence-corrected chi connectivity index (χ3v) is 20.7. The zero-order valence-corrected chi connectivity index (χ0v) is 17.0. The van der Waals surface area contributed by atoms with E-state index in [-0.39, 0.29) is 24.8 Å². The summed E-state index contributed by atoms with van der Waals surface area (Å²) in [6, 6.07) is 0. The summed E-state index contributed by atoms with van der Waals surface area (Å²) in [4.78, 5) is 10.8. The number of amides is 1. The molecule has 0 bridgehead atoms. The maximum Gasteiger partial charge on any atom is -1.00 e. The Morgan fingerprint density at radius 3 is 1.94 bits per heavy atom. The predicted octanol–water partition coefficient (Wildman–Crippen LogP) is -3.48. The minimum atomic E-state index is -1.82. The van der Waals surface area contributed by atoms with Crippen molar-refractivity contribution in [2.75, 3.05) is 0 Å². The van der Waals surface area contributed by atoms with Gasteiger partial charge in [-0.1, -0.05) is 0 Å². The van der Waals surface area contributed by atoms with Crippen LogP contribution in [0.1, 0.15) is 27.7 Å². The second-order valence-corrected chi connectivity index (χ2v) is 23.2. The topological polar surface area (TPSA) is 29.1 Å². The van der Waals surface area contributed by atoms with Gasteiger partial charge < -0.3 is 24.8 Å². The van der Waals surface area contributed by atoms with Crippen molar-refractivity contribution < 1.29 is 50.8 Å². The van der Waals surface area contributed by atoms with Crippen LogP contribution in [-0.2, 0) is 26.0 Å². The molecule has 1 aliphatic carbocycles. The van der Waals surface area contributed by atoms with Gasteiger partial charge in [0.2, 0.25) is 0 Å². The summed E-state index contributed by atoms with van der Waals surface area (Å²) in [5, 5.41) is 0. The molecule has 0 heterocycles. The number of hydrogen-bond donors (Lipinski definition) is 1. The largest absolute Gasteiger partial charge is 1.00 e. The van der Waals surface area contributed by atoms with Crippen LogP contribution in [0.5, 0.6) is 0 Å². The fourth-order valence-corrected chi connectivity index (χ4v) is 17.4. The second-order valence-electron chi connectivity index (χ2n) is 4.90. The molecule has 0 saturated heterocycles. The Hall–Kier alpha value is 0.630. The van der Waals surface area contributed by atoms with Gasteiger partial charge in [0.1, 0.15) is 0 Å². The summed E-state index contributed by atoms with van der Waals surface area (Å²) in [6.45, 7) is 13.7. The first-order valence-corrected chi connectivity index (χ1v) is 15.5. The first-order valence-electron chi connectivity index (χ1n) is 5.87. The zero-order valence-electron chi connectivity index (χ0n) is 11.9. The van der Waals surface area contributed by atoms with E-state index in [1.54, 1.807) is 3.28 Å². The van der Waals surface area contributed by atoms with Crippen molar-refractivity contribution in [2.45, 2.75) is 40.8 Å². The van der Waals surface area contributed by atoms with Gasteiger partial charge in [-0.3, -0.25) is 0 Å². The molecule has 1 aliphatic rings. The van der Waals surface area contributed by atoms with Crippen LogP contribution in [0, 0.1) is 5.92 Å². The van der Waals surface area contributed by atoms with Gasteiger partial charge in [0, 0.05) is 0 Å². The Morgan fingerprint density at radius 2 is 1.67 bits per heavy atom. The Balaban J connectivity index is 0. The van der Waals surface area contributed by atoms with Crippen LogP contribution < -0.4 is 28.1 Å². The van der Waals surface area contributed by atoms with Crippen LogP contribution in [-0.4, -0.2) is 12.3 Å². The number of rotatable bonds is 4. The van der Waals surface area contributed by atoms with E-state index in [1.165, 1.54) is 16.7 Å². The van der Waals surface area contributed by atoms with E-state index in [9.17, 15) is 4.79 Å². The summed E-state index contributed by atoms with van der Waals surface area (Å²) in [6.07, 6.45) is 0.942. The molecule has 0 radical (unpaired) electrons. The molecular formula is C12H22Cl2NOSiZr. The number of nitrogens with one attached hydrogen (secondary N) is 1. The Labute approximate surface area is 132 Å². The summed E-state index contributed by atoms with van der Waals surface area (Å²) in [7, 11) is 0. The van der Waals surface area contributed by atoms with E-state index in [2.05, 4.69) is 44.0 Å². The summed E-state index contributed by atoms with van der Waals surface area (Å²) < 4.78 is 4.86. The van der Waals surface area contributed by atoms with Crippen LogP contribution in [0.25, 0.3) is 0 Å². The van der Waals surface area contributed by atoms with Crippen molar-refractivity contribution in [1.29, 1.82) is 0 Å². The van der Waals surface area contributed by atoms with E-state index < -0.39 is 27.1 Å². The molecule has 2 nitrogen and oxygen atoms in total. The average molecular weight is 387 g/mol. The van der Waals surface area contributed by atoms with E-state index in [1.807, 2.05) is 0 Å². The first-order chi connectivity index (χ1) is 7.41. The Kier molecular flexibility index (Phi) is 10.2. The molecule has 1 rings (SSSR count). The molecule has 6 heteroatoms. The van der Waals surface area contributed by atoms with Gasteiger partial charge in [0.15, 0.2) is 0 Å². The Bertz CT molecular complexity index is 369. The summed E-state index contributed by atoms with van der Waals surface area (Å²) in [5.41, 5.74) is 4.45. The van der Waals surface area contributed by atoms with Crippen LogP contribution >= 0.6 is 0 Å². The van der Waals surface area contributed by atoms with E-state index in [0.29, 0.717) is 5.92 Å². The number of hydrogen-bond acceptors (Lipinski definition) is 1. The molecule has 18 heavy (non-hydrogen) atoms. The van der Waals surface area contributed by atoms with Crippen molar-refractivity contribution in [1.82, 2.24) is 3.26 Å². The van der Waals surface area contributed by atoms with Crippen molar-refractivity contribution >= 4 is 12.3 Å². The molecule has 1 unspecified atom stereocenters. The monoisotopic (exact) mass is 384 g/mol. The van der Waals surface area contributed by atoms with Gasteiger partial charge in [-0.2, -0.15) is 0 Å². The SMILES string of the molecule is CC1=C(C)C(C)[C]([Zr+2]([NH]C=O)[SiH](C)C)=C1C.[Cl-].[Cl-]. The minimum absolute atomic E-state index is 0. The number of halogens is 2. The smallest absolute Gasteiger partial charge is 1.00 e. The molecule has 0 aromatic carbocycles. The molecule has 1 atom stereocenters. The number of carbonyl (C=O) groups excluding carboxylic acids is 1. The first kappa shape index (κ1) is 20.9. The average Bonchev–Trinajstić information content (AvgIpc) is 2.41. The molecule has 0 aromatic heterocycles. The second kappa shape index (κ2) is 8.73. The zero-order chi connectivity index (χ0) is 12.5. The molecule has 103 valence electrons. The van der Waals surface area contributed by atoms with Gasteiger partial charge in [-0.05, 0) is 0 Å². The standard InChI is InChI=1S/C9H13.C2H7Si.CH3NO.2ClH.Zr/c1-6-5-7(2)9(4)8(6)3;1-3-2;2-1-3;;;/h6H,1-4H3;3H,1-2H3;1H,(H2,2,3);2*1H;/q;;;;;+3/p-3. The molecule has 1 amide bonds. The van der Waals surface area contributed by atoms with Gasteiger partial charge in [0.05, 0.1) is 0 Å². The van der Waals surface area contributed by atoms with Crippen LogP contribution in [0.4, 0.5) is 0 Å². The van der Waals surface area contributed by atoms with Crippen molar-refractivity contribution in [3.05, 3.63) is 20.0 Å². The van der Waals surface area contributed by atoms with Crippen molar-refractivity contribution in [3.63, 3.8) is 0 Å². The fourth-order valence-electron chi connectivity index (χ4n) is 2.42. The summed E-state index contributed by atoms with van der Waals surface area (Å²) in [5.74, 6) is -0.138. The third-order valence-electron chi connectivity index (χ3n) is 3.72. The van der Waals surface area contributed by atoms with E-state index in [4.69, 9.17) is 0 Å². The van der Waals surface area contributed by atoms with E-state index >= 15 is 0 Å². The molecule has 0 aromatic rings. The molecule has 0 fully saturated rings. The van der Waals surface area contributed by atoms with Crippen molar-refractivity contribution in [2.24, 2.45) is 5.92 Å². The molecular weight excluding hydrogens is 364 g/mol.